The van der Waals surface area contributed by atoms with Crippen LogP contribution in [-0.4, -0.2) is 11.9 Å². The van der Waals surface area contributed by atoms with Crippen molar-refractivity contribution >= 4 is 39.8 Å². The Kier molecular flexibility index (Phi) is 4.14. The van der Waals surface area contributed by atoms with Crippen molar-refractivity contribution in [2.75, 3.05) is 0 Å². The summed E-state index contributed by atoms with van der Waals surface area (Å²) in [7, 11) is 0. The van der Waals surface area contributed by atoms with Crippen LogP contribution in [0.1, 0.15) is 18.7 Å². The number of nitrogens with two attached hydrogens (primary N) is 1. The minimum Gasteiger partial charge on any atom is -0.308 e. The summed E-state index contributed by atoms with van der Waals surface area (Å²) in [6.07, 6.45) is 0. The molecule has 1 aromatic heterocycles. The zero-order valence-electron chi connectivity index (χ0n) is 7.54. The van der Waals surface area contributed by atoms with E-state index in [1.54, 1.807) is 11.3 Å². The Morgan fingerprint density at radius 1 is 1.69 bits per heavy atom. The van der Waals surface area contributed by atoms with Crippen LogP contribution < -0.4 is 11.3 Å². The molecule has 0 aliphatic carbocycles. The zero-order valence-corrected chi connectivity index (χ0v) is 10.5. The van der Waals surface area contributed by atoms with E-state index in [0.717, 1.165) is 10.7 Å². The molecule has 0 atom stereocenters. The third-order valence-corrected chi connectivity index (χ3v) is 3.54. The first kappa shape index (κ1) is 10.9. The first-order chi connectivity index (χ1) is 6.15. The van der Waals surface area contributed by atoms with Gasteiger partial charge in [0.1, 0.15) is 0 Å². The summed E-state index contributed by atoms with van der Waals surface area (Å²) in [5.74, 6) is 6.18. The maximum atomic E-state index is 5.40. The van der Waals surface area contributed by atoms with Gasteiger partial charge in [-0.15, -0.1) is 11.3 Å². The SMILES string of the molecule is CC(C)N=C(NN)c1sccc1I. The molecular weight excluding hydrogens is 297 g/mol. The van der Waals surface area contributed by atoms with Gasteiger partial charge in [0.15, 0.2) is 5.84 Å². The molecule has 0 aliphatic rings. The molecule has 0 unspecified atom stereocenters. The summed E-state index contributed by atoms with van der Waals surface area (Å²) in [6.45, 7) is 4.05. The lowest BCUT2D eigenvalue weighted by Gasteiger charge is -2.05. The Morgan fingerprint density at radius 2 is 2.38 bits per heavy atom. The predicted molar refractivity (Wildman–Crippen MR) is 66.0 cm³/mol. The van der Waals surface area contributed by atoms with Crippen LogP contribution in [0.2, 0.25) is 0 Å². The largest absolute Gasteiger partial charge is 0.308 e. The number of rotatable bonds is 2. The number of thiophene rings is 1. The number of hydrogen-bond donors (Lipinski definition) is 2. The van der Waals surface area contributed by atoms with E-state index in [4.69, 9.17) is 5.84 Å². The highest BCUT2D eigenvalue weighted by atomic mass is 127. The maximum Gasteiger partial charge on any atom is 0.154 e. The van der Waals surface area contributed by atoms with Crippen LogP contribution in [-0.2, 0) is 0 Å². The van der Waals surface area contributed by atoms with Gasteiger partial charge in [-0.1, -0.05) is 0 Å². The summed E-state index contributed by atoms with van der Waals surface area (Å²) >= 11 is 3.92. The van der Waals surface area contributed by atoms with Crippen molar-refractivity contribution in [1.29, 1.82) is 0 Å². The molecule has 0 fully saturated rings. The average Bonchev–Trinajstić information content (AvgIpc) is 2.47. The van der Waals surface area contributed by atoms with E-state index in [2.05, 4.69) is 33.0 Å². The lowest BCUT2D eigenvalue weighted by atomic mass is 10.4. The van der Waals surface area contributed by atoms with Crippen LogP contribution in [0.15, 0.2) is 16.4 Å². The average molecular weight is 309 g/mol. The van der Waals surface area contributed by atoms with Crippen LogP contribution in [0.4, 0.5) is 0 Å². The summed E-state index contributed by atoms with van der Waals surface area (Å²) in [4.78, 5) is 5.49. The monoisotopic (exact) mass is 309 g/mol. The number of hydrazine groups is 1. The Balaban J connectivity index is 2.97. The second kappa shape index (κ2) is 4.92. The molecule has 0 saturated carbocycles. The summed E-state index contributed by atoms with van der Waals surface area (Å²) < 4.78 is 1.18. The molecule has 0 spiro atoms. The van der Waals surface area contributed by atoms with Gasteiger partial charge in [0.05, 0.1) is 4.88 Å². The van der Waals surface area contributed by atoms with Crippen molar-refractivity contribution in [1.82, 2.24) is 5.43 Å². The molecular formula is C8H12IN3S. The fourth-order valence-corrected chi connectivity index (χ4v) is 2.69. The number of aliphatic imine (C=N–C) groups is 1. The molecule has 1 rings (SSSR count). The van der Waals surface area contributed by atoms with E-state index in [0.29, 0.717) is 0 Å². The molecule has 0 saturated heterocycles. The molecule has 0 aromatic carbocycles. The Morgan fingerprint density at radius 3 is 2.77 bits per heavy atom. The highest BCUT2D eigenvalue weighted by Crippen LogP contribution is 2.18. The van der Waals surface area contributed by atoms with E-state index in [-0.39, 0.29) is 6.04 Å². The fourth-order valence-electron chi connectivity index (χ4n) is 0.882. The summed E-state index contributed by atoms with van der Waals surface area (Å²) in [5.41, 5.74) is 2.63. The van der Waals surface area contributed by atoms with Crippen LogP contribution in [0.25, 0.3) is 0 Å². The fraction of sp³-hybridized carbons (Fsp3) is 0.375. The lowest BCUT2D eigenvalue weighted by Crippen LogP contribution is -2.31. The van der Waals surface area contributed by atoms with Gasteiger partial charge in [-0.2, -0.15) is 0 Å². The Labute approximate surface area is 95.5 Å². The van der Waals surface area contributed by atoms with Gasteiger partial charge in [-0.05, 0) is 47.9 Å². The van der Waals surface area contributed by atoms with E-state index in [9.17, 15) is 0 Å². The van der Waals surface area contributed by atoms with Gasteiger partial charge in [-0.3, -0.25) is 4.99 Å². The van der Waals surface area contributed by atoms with E-state index < -0.39 is 0 Å². The van der Waals surface area contributed by atoms with Crippen LogP contribution in [0, 0.1) is 3.57 Å². The zero-order chi connectivity index (χ0) is 9.84. The van der Waals surface area contributed by atoms with Crippen molar-refractivity contribution in [3.8, 4) is 0 Å². The molecule has 5 heteroatoms. The second-order valence-electron chi connectivity index (χ2n) is 2.81. The number of hydrogen-bond acceptors (Lipinski definition) is 3. The molecule has 3 N–H and O–H groups in total. The van der Waals surface area contributed by atoms with Crippen molar-refractivity contribution in [2.24, 2.45) is 10.8 Å². The van der Waals surface area contributed by atoms with Crippen LogP contribution >= 0.6 is 33.9 Å². The van der Waals surface area contributed by atoms with Gasteiger partial charge in [0.2, 0.25) is 0 Å². The molecule has 0 aliphatic heterocycles. The molecule has 0 amide bonds. The number of nitrogens with one attached hydrogen (secondary N) is 1. The van der Waals surface area contributed by atoms with Gasteiger partial charge in [-0.25, -0.2) is 5.84 Å². The lowest BCUT2D eigenvalue weighted by molar-refractivity contribution is 0.821. The number of halogens is 1. The Hall–Kier alpha value is -0.140. The van der Waals surface area contributed by atoms with Crippen LogP contribution in [0.3, 0.4) is 0 Å². The molecule has 13 heavy (non-hydrogen) atoms. The molecule has 72 valence electrons. The summed E-state index contributed by atoms with van der Waals surface area (Å²) in [6, 6.07) is 2.30. The third kappa shape index (κ3) is 2.92. The predicted octanol–water partition coefficient (Wildman–Crippen LogP) is 1.97. The minimum absolute atomic E-state index is 0.254. The van der Waals surface area contributed by atoms with E-state index in [1.165, 1.54) is 3.57 Å². The second-order valence-corrected chi connectivity index (χ2v) is 4.89. The van der Waals surface area contributed by atoms with Gasteiger partial charge >= 0.3 is 0 Å². The molecule has 3 nitrogen and oxygen atoms in total. The molecule has 0 radical (unpaired) electrons. The third-order valence-electron chi connectivity index (χ3n) is 1.36. The normalized spacial score (nSPS) is 12.2. The van der Waals surface area contributed by atoms with Gasteiger partial charge in [0, 0.05) is 9.61 Å². The van der Waals surface area contributed by atoms with Crippen molar-refractivity contribution in [3.63, 3.8) is 0 Å². The highest BCUT2D eigenvalue weighted by molar-refractivity contribution is 14.1. The van der Waals surface area contributed by atoms with E-state index >= 15 is 0 Å². The topological polar surface area (TPSA) is 50.4 Å². The smallest absolute Gasteiger partial charge is 0.154 e. The molecule has 0 bridgehead atoms. The minimum atomic E-state index is 0.254. The van der Waals surface area contributed by atoms with Gasteiger partial charge in [0.25, 0.3) is 0 Å². The van der Waals surface area contributed by atoms with Crippen molar-refractivity contribution < 1.29 is 0 Å². The standard InChI is InChI=1S/C8H12IN3S/c1-5(2)11-8(12-10)7-6(9)3-4-13-7/h3-5H,10H2,1-2H3,(H,11,12). The number of nitrogens with zero attached hydrogens (tertiary/aromatic N) is 1. The van der Waals surface area contributed by atoms with Crippen molar-refractivity contribution in [3.05, 3.63) is 19.9 Å². The maximum absolute atomic E-state index is 5.40. The van der Waals surface area contributed by atoms with E-state index in [1.807, 2.05) is 25.3 Å². The first-order valence-corrected chi connectivity index (χ1v) is 5.88. The van der Waals surface area contributed by atoms with Gasteiger partial charge < -0.3 is 5.43 Å². The van der Waals surface area contributed by atoms with Crippen molar-refractivity contribution in [2.45, 2.75) is 19.9 Å². The summed E-state index contributed by atoms with van der Waals surface area (Å²) in [5, 5.41) is 2.03. The molecule has 1 heterocycles. The van der Waals surface area contributed by atoms with Crippen LogP contribution in [0.5, 0.6) is 0 Å². The first-order valence-electron chi connectivity index (χ1n) is 3.93. The number of amidine groups is 1. The highest BCUT2D eigenvalue weighted by Gasteiger charge is 2.08. The molecule has 1 aromatic rings. The Bertz CT molecular complexity index is 306. The quantitative estimate of drug-likeness (QED) is 0.288.